The summed E-state index contributed by atoms with van der Waals surface area (Å²) in [6.07, 6.45) is 0.789. The van der Waals surface area contributed by atoms with Crippen molar-refractivity contribution < 1.29 is 9.53 Å². The molecule has 14 heavy (non-hydrogen) atoms. The molecule has 3 heteroatoms. The van der Waals surface area contributed by atoms with Crippen LogP contribution in [0.15, 0.2) is 24.3 Å². The predicted octanol–water partition coefficient (Wildman–Crippen LogP) is 2.12. The highest BCUT2D eigenvalue weighted by molar-refractivity contribution is 6.19. The molecule has 0 saturated heterocycles. The van der Waals surface area contributed by atoms with Crippen molar-refractivity contribution in [3.63, 3.8) is 0 Å². The maximum Gasteiger partial charge on any atom is 0.150 e. The molecule has 0 heterocycles. The molecule has 1 rings (SSSR count). The summed E-state index contributed by atoms with van der Waals surface area (Å²) in [5.41, 5.74) is 0.629. The number of hydrogen-bond acceptors (Lipinski definition) is 2. The first kappa shape index (κ1) is 10.6. The van der Waals surface area contributed by atoms with Gasteiger partial charge >= 0.3 is 0 Å². The lowest BCUT2D eigenvalue weighted by molar-refractivity contribution is 0.112. The summed E-state index contributed by atoms with van der Waals surface area (Å²) in [6.45, 7) is 0.313. The second-order valence-corrected chi connectivity index (χ2v) is 2.73. The highest BCUT2D eigenvalue weighted by atomic mass is 35.5. The van der Waals surface area contributed by atoms with Crippen molar-refractivity contribution in [2.24, 2.45) is 0 Å². The molecule has 0 spiro atoms. The minimum absolute atomic E-state index is 0.313. The molecule has 0 unspecified atom stereocenters. The third kappa shape index (κ3) is 3.51. The molecule has 0 atom stereocenters. The number of carbonyl (C=O) groups is 1. The second-order valence-electron chi connectivity index (χ2n) is 2.46. The number of rotatable bonds is 3. The molecular weight excluding hydrogens is 200 g/mol. The molecule has 0 fully saturated rings. The average Bonchev–Trinajstić information content (AvgIpc) is 2.25. The lowest BCUT2D eigenvalue weighted by atomic mass is 10.2. The molecule has 1 aromatic rings. The summed E-state index contributed by atoms with van der Waals surface area (Å²) in [6, 6.07) is 6.84. The van der Waals surface area contributed by atoms with Crippen molar-refractivity contribution in [1.29, 1.82) is 0 Å². The molecule has 0 radical (unpaired) electrons. The Balaban J connectivity index is 2.47. The van der Waals surface area contributed by atoms with E-state index in [0.717, 1.165) is 6.29 Å². The van der Waals surface area contributed by atoms with E-state index in [-0.39, 0.29) is 0 Å². The number of benzene rings is 1. The van der Waals surface area contributed by atoms with E-state index in [4.69, 9.17) is 16.3 Å². The van der Waals surface area contributed by atoms with Gasteiger partial charge < -0.3 is 4.74 Å². The van der Waals surface area contributed by atoms with E-state index in [0.29, 0.717) is 23.8 Å². The second kappa shape index (κ2) is 6.06. The fourth-order valence-corrected chi connectivity index (χ4v) is 0.955. The summed E-state index contributed by atoms with van der Waals surface area (Å²) in [5.74, 6) is 6.42. The van der Waals surface area contributed by atoms with Gasteiger partial charge in [0.2, 0.25) is 0 Å². The first-order valence-electron chi connectivity index (χ1n) is 4.06. The van der Waals surface area contributed by atoms with Crippen LogP contribution in [0.4, 0.5) is 0 Å². The molecule has 0 aliphatic heterocycles. The normalized spacial score (nSPS) is 8.64. The van der Waals surface area contributed by atoms with Crippen molar-refractivity contribution >= 4 is 17.9 Å². The Hall–Kier alpha value is -1.46. The Morgan fingerprint density at radius 3 is 2.57 bits per heavy atom. The number of aldehydes is 1. The Morgan fingerprint density at radius 1 is 1.29 bits per heavy atom. The highest BCUT2D eigenvalue weighted by Crippen LogP contribution is 2.10. The summed E-state index contributed by atoms with van der Waals surface area (Å²) >= 11 is 5.35. The topological polar surface area (TPSA) is 26.3 Å². The predicted molar refractivity (Wildman–Crippen MR) is 55.8 cm³/mol. The maximum absolute atomic E-state index is 10.3. The van der Waals surface area contributed by atoms with Crippen LogP contribution in [0.2, 0.25) is 0 Å². The van der Waals surface area contributed by atoms with Crippen molar-refractivity contribution in [3.05, 3.63) is 29.8 Å². The van der Waals surface area contributed by atoms with Gasteiger partial charge in [-0.25, -0.2) is 0 Å². The molecule has 0 bridgehead atoms. The maximum atomic E-state index is 10.3. The zero-order valence-electron chi connectivity index (χ0n) is 7.50. The van der Waals surface area contributed by atoms with Crippen LogP contribution in [-0.2, 0) is 0 Å². The molecule has 0 N–H and O–H groups in total. The quantitative estimate of drug-likeness (QED) is 0.432. The number of alkyl halides is 1. The van der Waals surface area contributed by atoms with Gasteiger partial charge in [-0.3, -0.25) is 4.79 Å². The first-order valence-corrected chi connectivity index (χ1v) is 4.60. The Labute approximate surface area is 87.8 Å². The minimum Gasteiger partial charge on any atom is -0.481 e. The minimum atomic E-state index is 0.313. The number of ether oxygens (including phenoxy) is 1. The van der Waals surface area contributed by atoms with Crippen LogP contribution in [0.1, 0.15) is 10.4 Å². The van der Waals surface area contributed by atoms with Crippen LogP contribution in [0.3, 0.4) is 0 Å². The first-order chi connectivity index (χ1) is 6.86. The zero-order valence-corrected chi connectivity index (χ0v) is 8.25. The monoisotopic (exact) mass is 208 g/mol. The summed E-state index contributed by atoms with van der Waals surface area (Å²) in [7, 11) is 0. The third-order valence-corrected chi connectivity index (χ3v) is 1.65. The SMILES string of the molecule is O=Cc1ccc(OCC#CCCl)cc1. The van der Waals surface area contributed by atoms with Gasteiger partial charge in [0.1, 0.15) is 18.6 Å². The fraction of sp³-hybridized carbons (Fsp3) is 0.182. The zero-order chi connectivity index (χ0) is 10.2. The van der Waals surface area contributed by atoms with Crippen LogP contribution in [0.5, 0.6) is 5.75 Å². The van der Waals surface area contributed by atoms with E-state index in [2.05, 4.69) is 11.8 Å². The van der Waals surface area contributed by atoms with Gasteiger partial charge in [0.25, 0.3) is 0 Å². The van der Waals surface area contributed by atoms with E-state index < -0.39 is 0 Å². The van der Waals surface area contributed by atoms with Crippen LogP contribution in [0.25, 0.3) is 0 Å². The molecule has 0 aliphatic carbocycles. The van der Waals surface area contributed by atoms with Crippen molar-refractivity contribution in [2.75, 3.05) is 12.5 Å². The lowest BCUT2D eigenvalue weighted by Gasteiger charge is -2.00. The summed E-state index contributed by atoms with van der Waals surface area (Å²) in [5, 5.41) is 0. The lowest BCUT2D eigenvalue weighted by Crippen LogP contribution is -1.93. The molecule has 2 nitrogen and oxygen atoms in total. The number of hydrogen-bond donors (Lipinski definition) is 0. The summed E-state index contributed by atoms with van der Waals surface area (Å²) in [4.78, 5) is 10.3. The van der Waals surface area contributed by atoms with Crippen molar-refractivity contribution in [3.8, 4) is 17.6 Å². The molecule has 1 aromatic carbocycles. The van der Waals surface area contributed by atoms with Gasteiger partial charge in [-0.15, -0.1) is 11.6 Å². The molecule has 72 valence electrons. The smallest absolute Gasteiger partial charge is 0.150 e. The van der Waals surface area contributed by atoms with Gasteiger partial charge in [0.05, 0.1) is 5.88 Å². The molecule has 0 aliphatic rings. The number of carbonyl (C=O) groups excluding carboxylic acids is 1. The van der Waals surface area contributed by atoms with Gasteiger partial charge in [0.15, 0.2) is 0 Å². The Kier molecular flexibility index (Phi) is 4.60. The number of halogens is 1. The van der Waals surface area contributed by atoms with Crippen LogP contribution in [-0.4, -0.2) is 18.8 Å². The Bertz CT molecular complexity index is 346. The largest absolute Gasteiger partial charge is 0.481 e. The van der Waals surface area contributed by atoms with Crippen LogP contribution in [0, 0.1) is 11.8 Å². The van der Waals surface area contributed by atoms with E-state index >= 15 is 0 Å². The average molecular weight is 209 g/mol. The van der Waals surface area contributed by atoms with E-state index in [1.807, 2.05) is 0 Å². The Morgan fingerprint density at radius 2 is 2.00 bits per heavy atom. The van der Waals surface area contributed by atoms with Crippen molar-refractivity contribution in [1.82, 2.24) is 0 Å². The molecule has 0 amide bonds. The van der Waals surface area contributed by atoms with Crippen LogP contribution < -0.4 is 4.74 Å². The summed E-state index contributed by atoms with van der Waals surface area (Å²) < 4.78 is 5.26. The van der Waals surface area contributed by atoms with Crippen molar-refractivity contribution in [2.45, 2.75) is 0 Å². The molecule has 0 aromatic heterocycles. The highest BCUT2D eigenvalue weighted by Gasteiger charge is 1.92. The van der Waals surface area contributed by atoms with Gasteiger partial charge in [-0.05, 0) is 24.3 Å². The van der Waals surface area contributed by atoms with Gasteiger partial charge in [-0.1, -0.05) is 11.8 Å². The van der Waals surface area contributed by atoms with E-state index in [1.54, 1.807) is 24.3 Å². The van der Waals surface area contributed by atoms with Gasteiger partial charge in [0, 0.05) is 5.56 Å². The molecule has 0 saturated carbocycles. The van der Waals surface area contributed by atoms with E-state index in [9.17, 15) is 4.79 Å². The van der Waals surface area contributed by atoms with Crippen LogP contribution >= 0.6 is 11.6 Å². The standard InChI is InChI=1S/C11H9ClO2/c12-7-1-2-8-14-11-5-3-10(9-13)4-6-11/h3-6,9H,7-8H2. The van der Waals surface area contributed by atoms with E-state index in [1.165, 1.54) is 0 Å². The van der Waals surface area contributed by atoms with Gasteiger partial charge in [-0.2, -0.15) is 0 Å². The fourth-order valence-electron chi connectivity index (χ4n) is 0.860. The third-order valence-electron chi connectivity index (χ3n) is 1.52. The molecular formula is C11H9ClO2.